The summed E-state index contributed by atoms with van der Waals surface area (Å²) < 4.78 is 17.5. The molecule has 0 bridgehead atoms. The zero-order chi connectivity index (χ0) is 15.1. The molecule has 0 radical (unpaired) electrons. The van der Waals surface area contributed by atoms with Gasteiger partial charge in [0.05, 0.1) is 15.6 Å². The van der Waals surface area contributed by atoms with Crippen LogP contribution in [0, 0.1) is 0 Å². The lowest BCUT2D eigenvalue weighted by Gasteiger charge is -2.15. The average Bonchev–Trinajstić information content (AvgIpc) is 2.39. The van der Waals surface area contributed by atoms with Crippen molar-refractivity contribution in [1.82, 2.24) is 5.32 Å². The minimum atomic E-state index is -0.789. The summed E-state index contributed by atoms with van der Waals surface area (Å²) in [6.07, 6.45) is 0.211. The lowest BCUT2D eigenvalue weighted by Crippen LogP contribution is -2.41. The number of methoxy groups -OCH3 is 1. The Bertz CT molecular complexity index is 495. The van der Waals surface area contributed by atoms with Crippen LogP contribution in [0.2, 0.25) is 0 Å². The van der Waals surface area contributed by atoms with Crippen molar-refractivity contribution in [2.75, 3.05) is 14.2 Å². The van der Waals surface area contributed by atoms with Crippen LogP contribution in [0.25, 0.3) is 0 Å². The lowest BCUT2D eigenvalue weighted by molar-refractivity contribution is -0.144. The Kier molecular flexibility index (Phi) is 5.71. The summed E-state index contributed by atoms with van der Waals surface area (Å²) in [5, 5.41) is 2.52. The molecule has 1 atom stereocenters. The number of benzene rings is 1. The molecule has 0 aromatic heterocycles. The Morgan fingerprint density at radius 1 is 1.42 bits per heavy atom. The smallest absolute Gasteiger partial charge is 0.328 e. The van der Waals surface area contributed by atoms with Crippen LogP contribution in [0.4, 0.5) is 0 Å². The molecule has 5 nitrogen and oxygen atoms in total. The average molecular weight is 284 g/mol. The highest BCUT2D eigenvalue weighted by Crippen LogP contribution is 2.18. The maximum atomic E-state index is 11.6. The molecule has 0 fully saturated rings. The predicted octanol–water partition coefficient (Wildman–Crippen LogP) is 1.56. The lowest BCUT2D eigenvalue weighted by atomic mass is 10.1. The summed E-state index contributed by atoms with van der Waals surface area (Å²) >= 11 is 1.16. The molecule has 0 saturated heterocycles. The Balaban J connectivity index is 2.87. The molecule has 0 unspecified atom stereocenters. The van der Waals surface area contributed by atoms with Gasteiger partial charge in [-0.3, -0.25) is 4.79 Å². The highest BCUT2D eigenvalue weighted by atomic mass is 32.2. The number of hydrogen-bond donors (Lipinski definition) is 1. The molecular formula is C13H17NO4S. The van der Waals surface area contributed by atoms with E-state index in [4.69, 9.17) is 5.55 Å². The van der Waals surface area contributed by atoms with Gasteiger partial charge in [-0.1, -0.05) is 12.1 Å². The molecule has 0 saturated carbocycles. The van der Waals surface area contributed by atoms with Gasteiger partial charge >= 0.3 is 5.97 Å². The molecule has 0 spiro atoms. The van der Waals surface area contributed by atoms with Gasteiger partial charge in [-0.15, -0.1) is 0 Å². The molecule has 1 aromatic rings. The Morgan fingerprint density at radius 2 is 2.16 bits per heavy atom. The predicted molar refractivity (Wildman–Crippen MR) is 72.6 cm³/mol. The van der Waals surface area contributed by atoms with Crippen LogP contribution in [-0.2, 0) is 24.9 Å². The van der Waals surface area contributed by atoms with Gasteiger partial charge in [-0.05, 0) is 17.7 Å². The van der Waals surface area contributed by atoms with Crippen molar-refractivity contribution in [3.63, 3.8) is 0 Å². The van der Waals surface area contributed by atoms with Gasteiger partial charge in [-0.2, -0.15) is 0 Å². The third-order valence-corrected chi connectivity index (χ3v) is 2.93. The standard InChI is InChI=1S/C13H17NO4S/c1-9(15)14-12(13(16)17-2)8-10-4-6-11(7-5-10)19-18-3/h4-7,12H,8H2,1-3H3,(H,14,15)/t12-/m0/s1/i4D. The van der Waals surface area contributed by atoms with E-state index in [0.29, 0.717) is 5.56 Å². The first-order chi connectivity index (χ1) is 9.47. The zero-order valence-corrected chi connectivity index (χ0v) is 11.9. The fourth-order valence-corrected chi connectivity index (χ4v) is 1.94. The molecule has 0 aliphatic rings. The highest BCUT2D eigenvalue weighted by molar-refractivity contribution is 7.94. The van der Waals surface area contributed by atoms with Crippen LogP contribution >= 0.6 is 12.0 Å². The third-order valence-electron chi connectivity index (χ3n) is 2.32. The molecule has 1 rings (SSSR count). The number of carbonyl (C=O) groups excluding carboxylic acids is 2. The third kappa shape index (κ3) is 5.32. The summed E-state index contributed by atoms with van der Waals surface area (Å²) in [5.41, 5.74) is 0.648. The fraction of sp³-hybridized carbons (Fsp3) is 0.385. The highest BCUT2D eigenvalue weighted by Gasteiger charge is 2.20. The van der Waals surface area contributed by atoms with Gasteiger partial charge in [0.15, 0.2) is 0 Å². The normalized spacial score (nSPS) is 12.5. The van der Waals surface area contributed by atoms with Crippen LogP contribution in [0.3, 0.4) is 0 Å². The molecule has 0 aliphatic carbocycles. The van der Waals surface area contributed by atoms with E-state index in [1.807, 2.05) is 0 Å². The van der Waals surface area contributed by atoms with E-state index in [1.54, 1.807) is 25.3 Å². The second-order valence-corrected chi connectivity index (χ2v) is 4.75. The van der Waals surface area contributed by atoms with Gasteiger partial charge in [0.2, 0.25) is 5.91 Å². The number of nitrogens with one attached hydrogen (secondary N) is 1. The molecule has 19 heavy (non-hydrogen) atoms. The van der Waals surface area contributed by atoms with Gasteiger partial charge in [0.25, 0.3) is 0 Å². The Labute approximate surface area is 118 Å². The number of hydrogen-bond acceptors (Lipinski definition) is 5. The van der Waals surface area contributed by atoms with Gasteiger partial charge < -0.3 is 14.2 Å². The van der Waals surface area contributed by atoms with Crippen LogP contribution in [0.1, 0.15) is 13.9 Å². The van der Waals surface area contributed by atoms with Crippen molar-refractivity contribution in [3.8, 4) is 0 Å². The van der Waals surface area contributed by atoms with Crippen molar-refractivity contribution in [3.05, 3.63) is 29.8 Å². The summed E-state index contributed by atoms with van der Waals surface area (Å²) in [5.74, 6) is -0.853. The monoisotopic (exact) mass is 284 g/mol. The maximum absolute atomic E-state index is 11.6. The number of ether oxygens (including phenoxy) is 1. The maximum Gasteiger partial charge on any atom is 0.328 e. The van der Waals surface area contributed by atoms with Crippen molar-refractivity contribution in [1.29, 1.82) is 0 Å². The zero-order valence-electron chi connectivity index (χ0n) is 12.1. The van der Waals surface area contributed by atoms with E-state index in [-0.39, 0.29) is 18.4 Å². The van der Waals surface area contributed by atoms with Crippen molar-refractivity contribution in [2.24, 2.45) is 0 Å². The van der Waals surface area contributed by atoms with Crippen LogP contribution in [0.15, 0.2) is 29.1 Å². The molecule has 1 aromatic carbocycles. The summed E-state index contributed by atoms with van der Waals surface area (Å²) in [4.78, 5) is 23.5. The molecule has 1 amide bonds. The van der Waals surface area contributed by atoms with Gasteiger partial charge in [0.1, 0.15) is 6.04 Å². The van der Waals surface area contributed by atoms with E-state index in [1.165, 1.54) is 14.0 Å². The van der Waals surface area contributed by atoms with Crippen LogP contribution in [0.5, 0.6) is 0 Å². The largest absolute Gasteiger partial charge is 0.467 e. The molecule has 6 heteroatoms. The fourth-order valence-electron chi connectivity index (χ4n) is 1.52. The number of amides is 1. The Morgan fingerprint density at radius 3 is 2.68 bits per heavy atom. The first-order valence-corrected chi connectivity index (χ1v) is 6.37. The SMILES string of the molecule is [2H]c1cc(SOC)ccc1C[C@H](NC(C)=O)C(=O)OC. The first-order valence-electron chi connectivity index (χ1n) is 6.13. The quantitative estimate of drug-likeness (QED) is 0.634. The van der Waals surface area contributed by atoms with E-state index in [2.05, 4.69) is 10.1 Å². The topological polar surface area (TPSA) is 64.6 Å². The number of carbonyl (C=O) groups is 2. The van der Waals surface area contributed by atoms with Crippen LogP contribution in [-0.4, -0.2) is 32.1 Å². The number of rotatable bonds is 6. The van der Waals surface area contributed by atoms with E-state index < -0.39 is 12.0 Å². The Hall–Kier alpha value is -1.53. The summed E-state index contributed by atoms with van der Waals surface area (Å²) in [7, 11) is 2.81. The van der Waals surface area contributed by atoms with Crippen molar-refractivity contribution < 1.29 is 19.9 Å². The molecule has 0 heterocycles. The van der Waals surface area contributed by atoms with E-state index in [0.717, 1.165) is 16.9 Å². The van der Waals surface area contributed by atoms with Crippen molar-refractivity contribution >= 4 is 23.9 Å². The van der Waals surface area contributed by atoms with Crippen molar-refractivity contribution in [2.45, 2.75) is 24.3 Å². The first kappa shape index (κ1) is 13.9. The minimum Gasteiger partial charge on any atom is -0.467 e. The molecule has 1 N–H and O–H groups in total. The summed E-state index contributed by atoms with van der Waals surface area (Å²) in [6.45, 7) is 1.33. The molecule has 104 valence electrons. The van der Waals surface area contributed by atoms with E-state index in [9.17, 15) is 9.59 Å². The van der Waals surface area contributed by atoms with Gasteiger partial charge in [-0.25, -0.2) is 4.79 Å². The molecule has 0 aliphatic heterocycles. The second-order valence-electron chi connectivity index (χ2n) is 3.78. The van der Waals surface area contributed by atoms with Crippen LogP contribution < -0.4 is 5.32 Å². The van der Waals surface area contributed by atoms with E-state index >= 15 is 0 Å². The molecular weight excluding hydrogens is 266 g/mol. The van der Waals surface area contributed by atoms with Gasteiger partial charge in [0, 0.05) is 30.3 Å². The summed E-state index contributed by atoms with van der Waals surface area (Å²) in [6, 6.07) is 4.67. The minimum absolute atomic E-state index is 0.211. The number of esters is 1. The second kappa shape index (κ2) is 7.81.